The summed E-state index contributed by atoms with van der Waals surface area (Å²) in [6.45, 7) is 3.41. The summed E-state index contributed by atoms with van der Waals surface area (Å²) in [5.74, 6) is 2.35. The molecule has 1 aromatic carbocycles. The van der Waals surface area contributed by atoms with Crippen molar-refractivity contribution >= 4 is 35.8 Å². The molecular formula is C24H36IN5O3. The van der Waals surface area contributed by atoms with Crippen LogP contribution in [0.3, 0.4) is 0 Å². The van der Waals surface area contributed by atoms with E-state index in [1.54, 1.807) is 32.4 Å². The topological polar surface area (TPSA) is 82.3 Å². The van der Waals surface area contributed by atoms with Crippen molar-refractivity contribution in [3.8, 4) is 5.75 Å². The van der Waals surface area contributed by atoms with Crippen LogP contribution in [0.4, 0.5) is 0 Å². The molecule has 0 spiro atoms. The standard InChI is InChI=1S/C24H35N5O3.HI/c1-28(2)23(30)18-27-24(25-16-19-9-11-20(31-3)12-10-19)26-17-21(22-8-7-15-32-22)29-13-5-4-6-14-29;/h7-12,15,21H,4-6,13-14,16-18H2,1-3H3,(H2,25,26,27);1H. The van der Waals surface area contributed by atoms with Gasteiger partial charge in [0.05, 0.1) is 32.5 Å². The van der Waals surface area contributed by atoms with E-state index in [1.165, 1.54) is 19.3 Å². The maximum absolute atomic E-state index is 12.1. The minimum Gasteiger partial charge on any atom is -0.497 e. The molecule has 3 rings (SSSR count). The fourth-order valence-electron chi connectivity index (χ4n) is 3.71. The number of carbonyl (C=O) groups excluding carboxylic acids is 1. The average molecular weight is 569 g/mol. The highest BCUT2D eigenvalue weighted by atomic mass is 127. The summed E-state index contributed by atoms with van der Waals surface area (Å²) in [5.41, 5.74) is 1.06. The molecule has 8 nitrogen and oxygen atoms in total. The van der Waals surface area contributed by atoms with Crippen LogP contribution in [0.5, 0.6) is 5.75 Å². The van der Waals surface area contributed by atoms with Crippen LogP contribution >= 0.6 is 24.0 Å². The predicted octanol–water partition coefficient (Wildman–Crippen LogP) is 3.26. The van der Waals surface area contributed by atoms with E-state index in [0.29, 0.717) is 19.0 Å². The number of carbonyl (C=O) groups is 1. The number of guanidine groups is 1. The lowest BCUT2D eigenvalue weighted by atomic mass is 10.1. The van der Waals surface area contributed by atoms with Gasteiger partial charge in [0.25, 0.3) is 0 Å². The lowest BCUT2D eigenvalue weighted by molar-refractivity contribution is -0.127. The minimum atomic E-state index is -0.0115. The Hall–Kier alpha value is -2.27. The Balaban J connectivity index is 0.00000385. The molecule has 2 heterocycles. The second kappa shape index (κ2) is 14.1. The molecule has 1 unspecified atom stereocenters. The number of hydrogen-bond acceptors (Lipinski definition) is 5. The summed E-state index contributed by atoms with van der Waals surface area (Å²) in [6.07, 6.45) is 5.40. The number of aliphatic imine (C=N–C) groups is 1. The third-order valence-corrected chi connectivity index (χ3v) is 5.65. The number of likely N-dealkylation sites (tertiary alicyclic amines) is 1. The zero-order valence-corrected chi connectivity index (χ0v) is 22.1. The molecular weight excluding hydrogens is 533 g/mol. The van der Waals surface area contributed by atoms with Crippen molar-refractivity contribution in [2.45, 2.75) is 31.8 Å². The number of likely N-dealkylation sites (N-methyl/N-ethyl adjacent to an activating group) is 1. The Morgan fingerprint density at radius 2 is 1.88 bits per heavy atom. The SMILES string of the molecule is COc1ccc(CN=C(NCC(=O)N(C)C)NCC(c2ccco2)N2CCCCC2)cc1.I. The lowest BCUT2D eigenvalue weighted by Gasteiger charge is -2.33. The third kappa shape index (κ3) is 8.54. The summed E-state index contributed by atoms with van der Waals surface area (Å²) in [6, 6.07) is 11.9. The summed E-state index contributed by atoms with van der Waals surface area (Å²) in [4.78, 5) is 20.8. The van der Waals surface area contributed by atoms with Crippen LogP contribution in [-0.2, 0) is 11.3 Å². The van der Waals surface area contributed by atoms with Gasteiger partial charge in [-0.15, -0.1) is 24.0 Å². The number of furan rings is 1. The summed E-state index contributed by atoms with van der Waals surface area (Å²) >= 11 is 0. The van der Waals surface area contributed by atoms with E-state index in [0.717, 1.165) is 30.2 Å². The highest BCUT2D eigenvalue weighted by Gasteiger charge is 2.24. The Bertz CT molecular complexity index is 849. The molecule has 1 aliphatic rings. The van der Waals surface area contributed by atoms with Crippen molar-refractivity contribution < 1.29 is 13.9 Å². The van der Waals surface area contributed by atoms with Crippen molar-refractivity contribution in [1.82, 2.24) is 20.4 Å². The molecule has 1 amide bonds. The molecule has 2 N–H and O–H groups in total. The number of rotatable bonds is 9. The van der Waals surface area contributed by atoms with Crippen LogP contribution in [0.1, 0.15) is 36.6 Å². The van der Waals surface area contributed by atoms with Gasteiger partial charge in [0, 0.05) is 20.6 Å². The lowest BCUT2D eigenvalue weighted by Crippen LogP contribution is -2.46. The quantitative estimate of drug-likeness (QED) is 0.274. The van der Waals surface area contributed by atoms with Crippen LogP contribution in [-0.4, -0.2) is 69.1 Å². The summed E-state index contributed by atoms with van der Waals surface area (Å²) in [7, 11) is 5.14. The van der Waals surface area contributed by atoms with Crippen LogP contribution in [0.15, 0.2) is 52.1 Å². The monoisotopic (exact) mass is 569 g/mol. The number of hydrogen-bond donors (Lipinski definition) is 2. The molecule has 0 saturated carbocycles. The smallest absolute Gasteiger partial charge is 0.241 e. The largest absolute Gasteiger partial charge is 0.497 e. The van der Waals surface area contributed by atoms with Gasteiger partial charge in [-0.3, -0.25) is 9.69 Å². The van der Waals surface area contributed by atoms with Crippen molar-refractivity contribution in [3.63, 3.8) is 0 Å². The average Bonchev–Trinajstić information content (AvgIpc) is 3.35. The van der Waals surface area contributed by atoms with Gasteiger partial charge >= 0.3 is 0 Å². The Kier molecular flexibility index (Phi) is 11.5. The first-order valence-corrected chi connectivity index (χ1v) is 11.2. The number of halogens is 1. The van der Waals surface area contributed by atoms with E-state index < -0.39 is 0 Å². The molecule has 0 aliphatic carbocycles. The highest BCUT2D eigenvalue weighted by Crippen LogP contribution is 2.24. The second-order valence-corrected chi connectivity index (χ2v) is 8.16. The van der Waals surface area contributed by atoms with E-state index in [-0.39, 0.29) is 42.5 Å². The van der Waals surface area contributed by atoms with Gasteiger partial charge in [-0.1, -0.05) is 18.6 Å². The zero-order valence-electron chi connectivity index (χ0n) is 19.8. The van der Waals surface area contributed by atoms with Crippen molar-refractivity contribution in [2.24, 2.45) is 4.99 Å². The molecule has 1 aliphatic heterocycles. The van der Waals surface area contributed by atoms with Gasteiger partial charge in [0.2, 0.25) is 5.91 Å². The molecule has 182 valence electrons. The first kappa shape index (κ1) is 27.0. The summed E-state index contributed by atoms with van der Waals surface area (Å²) < 4.78 is 11.0. The number of methoxy groups -OCH3 is 1. The van der Waals surface area contributed by atoms with E-state index in [4.69, 9.17) is 14.1 Å². The van der Waals surface area contributed by atoms with Gasteiger partial charge in [-0.2, -0.15) is 0 Å². The summed E-state index contributed by atoms with van der Waals surface area (Å²) in [5, 5.41) is 6.61. The molecule has 1 saturated heterocycles. The minimum absolute atomic E-state index is 0. The highest BCUT2D eigenvalue weighted by molar-refractivity contribution is 14.0. The molecule has 9 heteroatoms. The molecule has 1 fully saturated rings. The van der Waals surface area contributed by atoms with Gasteiger partial charge in [0.15, 0.2) is 5.96 Å². The number of nitrogens with zero attached hydrogens (tertiary/aromatic N) is 3. The fourth-order valence-corrected chi connectivity index (χ4v) is 3.71. The predicted molar refractivity (Wildman–Crippen MR) is 141 cm³/mol. The van der Waals surface area contributed by atoms with Gasteiger partial charge in [-0.25, -0.2) is 4.99 Å². The zero-order chi connectivity index (χ0) is 22.8. The number of nitrogens with one attached hydrogen (secondary N) is 2. The van der Waals surface area contributed by atoms with Gasteiger partial charge in [-0.05, 0) is 55.8 Å². The second-order valence-electron chi connectivity index (χ2n) is 8.16. The Labute approximate surface area is 213 Å². The first-order valence-electron chi connectivity index (χ1n) is 11.2. The Morgan fingerprint density at radius 1 is 1.15 bits per heavy atom. The van der Waals surface area contributed by atoms with Crippen LogP contribution in [0.25, 0.3) is 0 Å². The molecule has 33 heavy (non-hydrogen) atoms. The molecule has 0 radical (unpaired) electrons. The van der Waals surface area contributed by atoms with E-state index in [9.17, 15) is 4.79 Å². The van der Waals surface area contributed by atoms with E-state index in [1.807, 2.05) is 36.4 Å². The molecule has 1 aromatic heterocycles. The number of piperidine rings is 1. The maximum atomic E-state index is 12.1. The first-order chi connectivity index (χ1) is 15.6. The number of amides is 1. The van der Waals surface area contributed by atoms with Gasteiger partial charge in [0.1, 0.15) is 11.5 Å². The van der Waals surface area contributed by atoms with Crippen LogP contribution in [0, 0.1) is 0 Å². The Morgan fingerprint density at radius 3 is 2.48 bits per heavy atom. The number of ether oxygens (including phenoxy) is 1. The van der Waals surface area contributed by atoms with E-state index >= 15 is 0 Å². The molecule has 2 aromatic rings. The van der Waals surface area contributed by atoms with Crippen molar-refractivity contribution in [1.29, 1.82) is 0 Å². The van der Waals surface area contributed by atoms with Gasteiger partial charge < -0.3 is 24.7 Å². The number of benzene rings is 1. The van der Waals surface area contributed by atoms with Crippen molar-refractivity contribution in [2.75, 3.05) is 47.4 Å². The van der Waals surface area contributed by atoms with E-state index in [2.05, 4.69) is 15.5 Å². The molecule has 1 atom stereocenters. The van der Waals surface area contributed by atoms with Crippen molar-refractivity contribution in [3.05, 3.63) is 54.0 Å². The third-order valence-electron chi connectivity index (χ3n) is 5.65. The van der Waals surface area contributed by atoms with Crippen LogP contribution in [0.2, 0.25) is 0 Å². The molecule has 0 bridgehead atoms. The van der Waals surface area contributed by atoms with Crippen LogP contribution < -0.4 is 15.4 Å². The maximum Gasteiger partial charge on any atom is 0.241 e. The normalized spacial score (nSPS) is 15.3. The fraction of sp³-hybridized carbons (Fsp3) is 0.500.